The Labute approximate surface area is 387 Å². The molecular weight excluding hydrogens is 795 g/mol. The lowest BCUT2D eigenvalue weighted by molar-refractivity contribution is 0.660. The maximum atomic E-state index is 2.62. The molecule has 0 heterocycles. The predicted molar refractivity (Wildman–Crippen MR) is 275 cm³/mol. The van der Waals surface area contributed by atoms with Gasteiger partial charge in [0.2, 0.25) is 0 Å². The number of anilines is 3. The molecule has 0 aromatic heterocycles. The van der Waals surface area contributed by atoms with E-state index in [2.05, 4.69) is 245 Å². The lowest BCUT2D eigenvalue weighted by Gasteiger charge is -2.34. The van der Waals surface area contributed by atoms with Crippen molar-refractivity contribution >= 4 is 27.8 Å². The second-order valence-electron chi connectivity index (χ2n) is 20.0. The summed E-state index contributed by atoms with van der Waals surface area (Å²) in [6.45, 7) is 9.66. The zero-order valence-electron chi connectivity index (χ0n) is 37.7. The first kappa shape index (κ1) is 37.6. The molecule has 312 valence electrons. The van der Waals surface area contributed by atoms with Crippen LogP contribution in [-0.4, -0.2) is 0 Å². The fourth-order valence-electron chi connectivity index (χ4n) is 13.2. The molecule has 4 aliphatic rings. The van der Waals surface area contributed by atoms with Gasteiger partial charge in [0.1, 0.15) is 0 Å². The average Bonchev–Trinajstić information content (AvgIpc) is 3.99. The van der Waals surface area contributed by atoms with E-state index >= 15 is 0 Å². The Bertz CT molecular complexity index is 3650. The van der Waals surface area contributed by atoms with Crippen molar-refractivity contribution in [1.29, 1.82) is 0 Å². The third-order valence-electron chi connectivity index (χ3n) is 16.0. The normalized spacial score (nSPS) is 15.3. The van der Waals surface area contributed by atoms with E-state index in [-0.39, 0.29) is 10.8 Å². The first-order chi connectivity index (χ1) is 32.3. The van der Waals surface area contributed by atoms with Gasteiger partial charge in [-0.2, -0.15) is 0 Å². The molecule has 10 aromatic rings. The number of rotatable bonds is 4. The van der Waals surface area contributed by atoms with E-state index in [0.717, 1.165) is 11.4 Å². The minimum Gasteiger partial charge on any atom is -0.310 e. The van der Waals surface area contributed by atoms with Gasteiger partial charge in [0.25, 0.3) is 0 Å². The first-order valence-electron chi connectivity index (χ1n) is 23.5. The maximum Gasteiger partial charge on any atom is 0.0726 e. The smallest absolute Gasteiger partial charge is 0.0726 e. The molecule has 0 saturated carbocycles. The van der Waals surface area contributed by atoms with Crippen molar-refractivity contribution in [2.45, 2.75) is 43.9 Å². The highest BCUT2D eigenvalue weighted by atomic mass is 15.1. The zero-order chi connectivity index (χ0) is 44.1. The van der Waals surface area contributed by atoms with Crippen LogP contribution >= 0.6 is 0 Å². The van der Waals surface area contributed by atoms with Crippen LogP contribution in [0.5, 0.6) is 0 Å². The summed E-state index contributed by atoms with van der Waals surface area (Å²) in [6.07, 6.45) is 0. The summed E-state index contributed by atoms with van der Waals surface area (Å²) in [7, 11) is 0. The third-order valence-corrected chi connectivity index (χ3v) is 16.0. The number of nitrogens with zero attached hydrogens (tertiary/aromatic N) is 1. The highest BCUT2D eigenvalue weighted by Gasteiger charge is 2.52. The second kappa shape index (κ2) is 13.2. The molecule has 0 saturated heterocycles. The van der Waals surface area contributed by atoms with Crippen LogP contribution in [0.3, 0.4) is 0 Å². The van der Waals surface area contributed by atoms with Crippen molar-refractivity contribution in [1.82, 2.24) is 0 Å². The molecule has 0 fully saturated rings. The molecule has 0 bridgehead atoms. The molecule has 1 spiro atoms. The Morgan fingerprint density at radius 1 is 0.318 bits per heavy atom. The van der Waals surface area contributed by atoms with Crippen LogP contribution in [0.25, 0.3) is 66.4 Å². The highest BCUT2D eigenvalue weighted by Crippen LogP contribution is 2.64. The van der Waals surface area contributed by atoms with E-state index in [9.17, 15) is 0 Å². The summed E-state index contributed by atoms with van der Waals surface area (Å²) >= 11 is 0. The van der Waals surface area contributed by atoms with E-state index in [1.807, 2.05) is 0 Å². The van der Waals surface area contributed by atoms with Gasteiger partial charge in [0.15, 0.2) is 0 Å². The summed E-state index contributed by atoms with van der Waals surface area (Å²) in [6, 6.07) is 80.7. The quantitative estimate of drug-likeness (QED) is 0.171. The molecule has 1 heteroatoms. The molecule has 0 amide bonds. The molecule has 14 rings (SSSR count). The highest BCUT2D eigenvalue weighted by molar-refractivity contribution is 6.07. The third kappa shape index (κ3) is 4.75. The molecule has 10 aromatic carbocycles. The number of benzene rings is 10. The summed E-state index contributed by atoms with van der Waals surface area (Å²) in [5.41, 5.74) is 26.5. The van der Waals surface area contributed by atoms with Gasteiger partial charge in [-0.1, -0.05) is 204 Å². The van der Waals surface area contributed by atoms with Gasteiger partial charge in [0, 0.05) is 27.8 Å². The van der Waals surface area contributed by atoms with Gasteiger partial charge in [-0.3, -0.25) is 0 Å². The lowest BCUT2D eigenvalue weighted by atomic mass is 9.70. The van der Waals surface area contributed by atoms with Gasteiger partial charge in [0.05, 0.1) is 11.1 Å². The van der Waals surface area contributed by atoms with E-state index in [1.54, 1.807) is 0 Å². The van der Waals surface area contributed by atoms with Crippen molar-refractivity contribution in [3.8, 4) is 55.6 Å². The average molecular weight is 842 g/mol. The van der Waals surface area contributed by atoms with Crippen molar-refractivity contribution in [3.63, 3.8) is 0 Å². The van der Waals surface area contributed by atoms with E-state index in [4.69, 9.17) is 0 Å². The molecule has 1 nitrogen and oxygen atoms in total. The van der Waals surface area contributed by atoms with E-state index in [1.165, 1.54) is 117 Å². The SMILES string of the molecule is CC1(C)c2ccccc2-c2ccc(N(c3ccc4c(c3)C3(c5ccccc5-c5ccccc53)c3ccccc3-4)c3cc4ccccc4c4c3-c3cc(-c5ccccc5)ccc3C4(C)C)cc21. The number of hydrogen-bond donors (Lipinski definition) is 0. The first-order valence-corrected chi connectivity index (χ1v) is 23.5. The topological polar surface area (TPSA) is 3.24 Å². The van der Waals surface area contributed by atoms with E-state index in [0.29, 0.717) is 0 Å². The second-order valence-corrected chi connectivity index (χ2v) is 20.0. The van der Waals surface area contributed by atoms with Crippen LogP contribution in [-0.2, 0) is 16.2 Å². The molecule has 4 aliphatic carbocycles. The van der Waals surface area contributed by atoms with Gasteiger partial charge < -0.3 is 4.90 Å². The van der Waals surface area contributed by atoms with Crippen LogP contribution in [0.1, 0.15) is 72.2 Å². The molecule has 0 unspecified atom stereocenters. The van der Waals surface area contributed by atoms with Gasteiger partial charge in [-0.05, 0) is 142 Å². The number of hydrogen-bond acceptors (Lipinski definition) is 1. The molecule has 0 radical (unpaired) electrons. The molecule has 0 N–H and O–H groups in total. The Balaban J connectivity index is 1.09. The monoisotopic (exact) mass is 841 g/mol. The zero-order valence-corrected chi connectivity index (χ0v) is 37.7. The Morgan fingerprint density at radius 3 is 1.44 bits per heavy atom. The predicted octanol–water partition coefficient (Wildman–Crippen LogP) is 16.9. The van der Waals surface area contributed by atoms with Crippen molar-refractivity contribution in [2.75, 3.05) is 4.90 Å². The van der Waals surface area contributed by atoms with Gasteiger partial charge in [-0.15, -0.1) is 0 Å². The largest absolute Gasteiger partial charge is 0.310 e. The minimum absolute atomic E-state index is 0.168. The number of fused-ring (bicyclic) bond motifs is 18. The minimum atomic E-state index is -0.465. The molecule has 0 aliphatic heterocycles. The van der Waals surface area contributed by atoms with Crippen LogP contribution < -0.4 is 4.90 Å². The summed E-state index contributed by atoms with van der Waals surface area (Å²) in [5.74, 6) is 0. The fraction of sp³-hybridized carbons (Fsp3) is 0.108. The standard InChI is InChI=1S/C65H47N/c1-63(2)53-26-14-10-22-46(53)50-33-31-43(38-58(50)63)66(60-37-42-20-8-9-21-45(42)62-61(60)52-36-41(40-18-6-5-7-19-40)30-35-54(52)64(62,3)4)44-32-34-51-49-25-13-17-29-57(49)65(59(51)39-44)55-27-15-11-23-47(55)48-24-12-16-28-56(48)65/h5-39H,1-4H3. The van der Waals surface area contributed by atoms with Gasteiger partial charge >= 0.3 is 0 Å². The maximum absolute atomic E-state index is 2.62. The Morgan fingerprint density at radius 2 is 0.803 bits per heavy atom. The molecular formula is C65H47N. The van der Waals surface area contributed by atoms with Crippen LogP contribution in [0, 0.1) is 0 Å². The van der Waals surface area contributed by atoms with Crippen molar-refractivity contribution in [3.05, 3.63) is 257 Å². The molecule has 66 heavy (non-hydrogen) atoms. The van der Waals surface area contributed by atoms with Crippen LogP contribution in [0.15, 0.2) is 212 Å². The van der Waals surface area contributed by atoms with Crippen molar-refractivity contribution in [2.24, 2.45) is 0 Å². The van der Waals surface area contributed by atoms with Crippen LogP contribution in [0.4, 0.5) is 17.1 Å². The Kier molecular flexibility index (Phi) is 7.51. The summed E-state index contributed by atoms with van der Waals surface area (Å²) < 4.78 is 0. The van der Waals surface area contributed by atoms with Crippen molar-refractivity contribution < 1.29 is 0 Å². The lowest BCUT2D eigenvalue weighted by Crippen LogP contribution is -2.26. The van der Waals surface area contributed by atoms with Gasteiger partial charge in [-0.25, -0.2) is 0 Å². The van der Waals surface area contributed by atoms with E-state index < -0.39 is 5.41 Å². The fourth-order valence-corrected chi connectivity index (χ4v) is 13.2. The summed E-state index contributed by atoms with van der Waals surface area (Å²) in [4.78, 5) is 2.62. The van der Waals surface area contributed by atoms with Crippen LogP contribution in [0.2, 0.25) is 0 Å². The molecule has 0 atom stereocenters. The Hall–Kier alpha value is -7.74. The summed E-state index contributed by atoms with van der Waals surface area (Å²) in [5, 5.41) is 2.56.